The molecule has 2 aromatic rings. The van der Waals surface area contributed by atoms with Crippen molar-refractivity contribution in [2.75, 3.05) is 13.1 Å². The Morgan fingerprint density at radius 2 is 1.85 bits per heavy atom. The molecule has 3 rings (SSSR count). The third-order valence-electron chi connectivity index (χ3n) is 4.94. The Kier molecular flexibility index (Phi) is 6.07. The van der Waals surface area contributed by atoms with Gasteiger partial charge in [0.15, 0.2) is 0 Å². The van der Waals surface area contributed by atoms with Crippen LogP contribution < -0.4 is 0 Å². The fourth-order valence-corrected chi connectivity index (χ4v) is 3.45. The Bertz CT molecular complexity index is 799. The van der Waals surface area contributed by atoms with Crippen LogP contribution >= 0.6 is 0 Å². The molecule has 0 saturated carbocycles. The Labute approximate surface area is 161 Å². The van der Waals surface area contributed by atoms with Gasteiger partial charge in [-0.2, -0.15) is 0 Å². The van der Waals surface area contributed by atoms with E-state index in [-0.39, 0.29) is 24.2 Å². The summed E-state index contributed by atoms with van der Waals surface area (Å²) in [6, 6.07) is 18.1. The number of carbonyl (C=O) groups is 2. The highest BCUT2D eigenvalue weighted by molar-refractivity contribution is 5.89. The fraction of sp³-hybridized carbons (Fsp3) is 0.304. The summed E-state index contributed by atoms with van der Waals surface area (Å²) in [6.45, 7) is 7.87. The molecule has 0 spiro atoms. The first-order valence-corrected chi connectivity index (χ1v) is 9.33. The summed E-state index contributed by atoms with van der Waals surface area (Å²) in [5.41, 5.74) is 3.36. The van der Waals surface area contributed by atoms with Gasteiger partial charge in [-0.15, -0.1) is 6.58 Å². The van der Waals surface area contributed by atoms with Crippen molar-refractivity contribution in [1.82, 2.24) is 9.80 Å². The van der Waals surface area contributed by atoms with Crippen LogP contribution in [0.2, 0.25) is 0 Å². The van der Waals surface area contributed by atoms with Crippen LogP contribution in [0.4, 0.5) is 0 Å². The smallest absolute Gasteiger partial charge is 0.228 e. The van der Waals surface area contributed by atoms with Gasteiger partial charge >= 0.3 is 0 Å². The van der Waals surface area contributed by atoms with Crippen LogP contribution in [0.15, 0.2) is 67.3 Å². The second kappa shape index (κ2) is 8.67. The Balaban J connectivity index is 1.65. The molecule has 0 bridgehead atoms. The van der Waals surface area contributed by atoms with Gasteiger partial charge in [-0.1, -0.05) is 66.2 Å². The maximum absolute atomic E-state index is 13.0. The monoisotopic (exact) mass is 362 g/mol. The van der Waals surface area contributed by atoms with E-state index in [1.807, 2.05) is 61.5 Å². The molecule has 0 radical (unpaired) electrons. The summed E-state index contributed by atoms with van der Waals surface area (Å²) in [7, 11) is 0. The molecular weight excluding hydrogens is 336 g/mol. The van der Waals surface area contributed by atoms with Crippen LogP contribution in [0.25, 0.3) is 0 Å². The van der Waals surface area contributed by atoms with Gasteiger partial charge in [-0.3, -0.25) is 9.59 Å². The zero-order valence-electron chi connectivity index (χ0n) is 15.8. The zero-order valence-corrected chi connectivity index (χ0v) is 15.8. The average Bonchev–Trinajstić information content (AvgIpc) is 3.04. The summed E-state index contributed by atoms with van der Waals surface area (Å²) in [5.74, 6) is -0.211. The molecule has 1 saturated heterocycles. The molecule has 2 amide bonds. The van der Waals surface area contributed by atoms with E-state index in [0.29, 0.717) is 26.2 Å². The van der Waals surface area contributed by atoms with Crippen molar-refractivity contribution in [3.8, 4) is 0 Å². The maximum atomic E-state index is 13.0. The minimum Gasteiger partial charge on any atom is -0.338 e. The first-order valence-electron chi connectivity index (χ1n) is 9.33. The Morgan fingerprint density at radius 3 is 2.52 bits per heavy atom. The van der Waals surface area contributed by atoms with Crippen molar-refractivity contribution in [1.29, 1.82) is 0 Å². The second-order valence-corrected chi connectivity index (χ2v) is 7.15. The molecular formula is C23H26N2O2. The molecule has 1 aliphatic heterocycles. The fourth-order valence-electron chi connectivity index (χ4n) is 3.45. The SMILES string of the molecule is C=CCN(Cc1ccccc1)C(=O)C1CC(=O)N(Cc2ccc(C)cc2)C1. The molecule has 140 valence electrons. The molecule has 4 nitrogen and oxygen atoms in total. The number of likely N-dealkylation sites (tertiary alicyclic amines) is 1. The molecule has 0 aromatic heterocycles. The lowest BCUT2D eigenvalue weighted by molar-refractivity contribution is -0.135. The predicted molar refractivity (Wildman–Crippen MR) is 107 cm³/mol. The minimum atomic E-state index is -0.286. The number of aryl methyl sites for hydroxylation is 1. The molecule has 1 fully saturated rings. The molecule has 4 heteroatoms. The number of rotatable bonds is 7. The third kappa shape index (κ3) is 4.85. The number of hydrogen-bond donors (Lipinski definition) is 0. The second-order valence-electron chi connectivity index (χ2n) is 7.15. The molecule has 1 unspecified atom stereocenters. The van der Waals surface area contributed by atoms with E-state index in [2.05, 4.69) is 6.58 Å². The third-order valence-corrected chi connectivity index (χ3v) is 4.94. The number of benzene rings is 2. The van der Waals surface area contributed by atoms with Crippen molar-refractivity contribution in [3.63, 3.8) is 0 Å². The van der Waals surface area contributed by atoms with Gasteiger partial charge < -0.3 is 9.80 Å². The van der Waals surface area contributed by atoms with Crippen LogP contribution in [0, 0.1) is 12.8 Å². The molecule has 2 aromatic carbocycles. The standard InChI is InChI=1S/C23H26N2O2/c1-3-13-24(15-19-7-5-4-6-8-19)23(27)21-14-22(26)25(17-21)16-20-11-9-18(2)10-12-20/h3-12,21H,1,13-17H2,2H3. The summed E-state index contributed by atoms with van der Waals surface area (Å²) in [5, 5.41) is 0. The van der Waals surface area contributed by atoms with Crippen LogP contribution in [0.1, 0.15) is 23.1 Å². The van der Waals surface area contributed by atoms with Gasteiger partial charge in [-0.25, -0.2) is 0 Å². The van der Waals surface area contributed by atoms with Crippen molar-refractivity contribution >= 4 is 11.8 Å². The highest BCUT2D eigenvalue weighted by Gasteiger charge is 2.36. The van der Waals surface area contributed by atoms with Gasteiger partial charge in [0.25, 0.3) is 0 Å². The van der Waals surface area contributed by atoms with Crippen LogP contribution in [0.3, 0.4) is 0 Å². The topological polar surface area (TPSA) is 40.6 Å². The Hall–Kier alpha value is -2.88. The quantitative estimate of drug-likeness (QED) is 0.707. The summed E-state index contributed by atoms with van der Waals surface area (Å²) < 4.78 is 0. The van der Waals surface area contributed by atoms with E-state index in [9.17, 15) is 9.59 Å². The van der Waals surface area contributed by atoms with Crippen molar-refractivity contribution in [2.24, 2.45) is 5.92 Å². The summed E-state index contributed by atoms with van der Waals surface area (Å²) >= 11 is 0. The molecule has 1 atom stereocenters. The van der Waals surface area contributed by atoms with Crippen LogP contribution in [-0.2, 0) is 22.7 Å². The predicted octanol–water partition coefficient (Wildman–Crippen LogP) is 3.56. The molecule has 1 heterocycles. The van der Waals surface area contributed by atoms with E-state index in [1.165, 1.54) is 5.56 Å². The number of hydrogen-bond acceptors (Lipinski definition) is 2. The maximum Gasteiger partial charge on any atom is 0.228 e. The average molecular weight is 362 g/mol. The first kappa shape index (κ1) is 18.9. The highest BCUT2D eigenvalue weighted by Crippen LogP contribution is 2.23. The highest BCUT2D eigenvalue weighted by atomic mass is 16.2. The van der Waals surface area contributed by atoms with Crippen molar-refractivity contribution in [2.45, 2.75) is 26.4 Å². The normalized spacial score (nSPS) is 16.4. The van der Waals surface area contributed by atoms with Crippen molar-refractivity contribution in [3.05, 3.63) is 83.9 Å². The molecule has 0 N–H and O–H groups in total. The molecule has 27 heavy (non-hydrogen) atoms. The number of amides is 2. The van der Waals surface area contributed by atoms with Crippen LogP contribution in [0.5, 0.6) is 0 Å². The van der Waals surface area contributed by atoms with Gasteiger partial charge in [0.05, 0.1) is 5.92 Å². The lowest BCUT2D eigenvalue weighted by Crippen LogP contribution is -2.37. The molecule has 1 aliphatic rings. The lowest BCUT2D eigenvalue weighted by Gasteiger charge is -2.24. The van der Waals surface area contributed by atoms with E-state index >= 15 is 0 Å². The van der Waals surface area contributed by atoms with Crippen LogP contribution in [-0.4, -0.2) is 34.7 Å². The lowest BCUT2D eigenvalue weighted by atomic mass is 10.1. The van der Waals surface area contributed by atoms with Crippen molar-refractivity contribution < 1.29 is 9.59 Å². The largest absolute Gasteiger partial charge is 0.338 e. The van der Waals surface area contributed by atoms with Gasteiger partial charge in [0.1, 0.15) is 0 Å². The van der Waals surface area contributed by atoms with Gasteiger partial charge in [0.2, 0.25) is 11.8 Å². The van der Waals surface area contributed by atoms with Gasteiger partial charge in [0, 0.05) is 32.6 Å². The van der Waals surface area contributed by atoms with E-state index in [1.54, 1.807) is 15.9 Å². The zero-order chi connectivity index (χ0) is 19.2. The summed E-state index contributed by atoms with van der Waals surface area (Å²) in [4.78, 5) is 29.0. The first-order chi connectivity index (χ1) is 13.1. The molecule has 0 aliphatic carbocycles. The number of carbonyl (C=O) groups excluding carboxylic acids is 2. The Morgan fingerprint density at radius 1 is 1.15 bits per heavy atom. The summed E-state index contributed by atoms with van der Waals surface area (Å²) in [6.07, 6.45) is 2.02. The van der Waals surface area contributed by atoms with E-state index in [0.717, 1.165) is 11.1 Å². The van der Waals surface area contributed by atoms with Gasteiger partial charge in [-0.05, 0) is 18.1 Å². The van der Waals surface area contributed by atoms with E-state index in [4.69, 9.17) is 0 Å². The number of nitrogens with zero attached hydrogens (tertiary/aromatic N) is 2. The van der Waals surface area contributed by atoms with E-state index < -0.39 is 0 Å². The minimum absolute atomic E-state index is 0.0264.